The van der Waals surface area contributed by atoms with E-state index in [1.165, 1.54) is 25.8 Å². The van der Waals surface area contributed by atoms with Crippen molar-refractivity contribution < 1.29 is 0 Å². The van der Waals surface area contributed by atoms with Crippen LogP contribution in [0.1, 0.15) is 33.1 Å². The van der Waals surface area contributed by atoms with Crippen molar-refractivity contribution in [2.45, 2.75) is 33.1 Å². The van der Waals surface area contributed by atoms with Crippen LogP contribution in [0.5, 0.6) is 0 Å². The van der Waals surface area contributed by atoms with Gasteiger partial charge in [-0.05, 0) is 39.0 Å². The zero-order chi connectivity index (χ0) is 9.23. The Morgan fingerprint density at radius 2 is 1.92 bits per heavy atom. The van der Waals surface area contributed by atoms with Crippen molar-refractivity contribution in [2.75, 3.05) is 26.7 Å². The standard InChI is InChI=1S/C10H24N2/c1-4-6-7-12-9-10(5-2)8-11-3/h10-12H,4-9H2,1-3H3. The van der Waals surface area contributed by atoms with Gasteiger partial charge >= 0.3 is 0 Å². The lowest BCUT2D eigenvalue weighted by atomic mass is 10.1. The van der Waals surface area contributed by atoms with Crippen LogP contribution in [0.2, 0.25) is 0 Å². The molecule has 0 bridgehead atoms. The predicted octanol–water partition coefficient (Wildman–Crippen LogP) is 1.62. The third kappa shape index (κ3) is 6.62. The number of rotatable bonds is 8. The van der Waals surface area contributed by atoms with E-state index in [-0.39, 0.29) is 0 Å². The summed E-state index contributed by atoms with van der Waals surface area (Å²) >= 11 is 0. The Hall–Kier alpha value is -0.0800. The van der Waals surface area contributed by atoms with E-state index in [4.69, 9.17) is 0 Å². The van der Waals surface area contributed by atoms with Crippen molar-refractivity contribution in [2.24, 2.45) is 5.92 Å². The van der Waals surface area contributed by atoms with Gasteiger partial charge in [0.25, 0.3) is 0 Å². The van der Waals surface area contributed by atoms with Gasteiger partial charge < -0.3 is 10.6 Å². The van der Waals surface area contributed by atoms with E-state index >= 15 is 0 Å². The number of hydrogen-bond acceptors (Lipinski definition) is 2. The van der Waals surface area contributed by atoms with Crippen molar-refractivity contribution in [3.8, 4) is 0 Å². The van der Waals surface area contributed by atoms with E-state index in [1.807, 2.05) is 7.05 Å². The van der Waals surface area contributed by atoms with E-state index in [9.17, 15) is 0 Å². The molecule has 12 heavy (non-hydrogen) atoms. The number of hydrogen-bond donors (Lipinski definition) is 2. The summed E-state index contributed by atoms with van der Waals surface area (Å²) in [5.41, 5.74) is 0. The van der Waals surface area contributed by atoms with Crippen LogP contribution in [0, 0.1) is 5.92 Å². The molecule has 1 atom stereocenters. The third-order valence-electron chi connectivity index (χ3n) is 2.21. The quantitative estimate of drug-likeness (QED) is 0.544. The van der Waals surface area contributed by atoms with E-state index in [0.29, 0.717) is 0 Å². The fourth-order valence-corrected chi connectivity index (χ4v) is 1.26. The molecular weight excluding hydrogens is 148 g/mol. The molecule has 0 saturated carbocycles. The highest BCUT2D eigenvalue weighted by atomic mass is 14.9. The van der Waals surface area contributed by atoms with Crippen molar-refractivity contribution in [1.29, 1.82) is 0 Å². The molecule has 0 saturated heterocycles. The Bertz CT molecular complexity index is 83.9. The smallest absolute Gasteiger partial charge is 0.000849 e. The molecule has 1 unspecified atom stereocenters. The Labute approximate surface area is 77.1 Å². The van der Waals surface area contributed by atoms with Crippen molar-refractivity contribution in [1.82, 2.24) is 10.6 Å². The molecule has 0 heterocycles. The summed E-state index contributed by atoms with van der Waals surface area (Å²) < 4.78 is 0. The first-order chi connectivity index (χ1) is 5.85. The molecule has 0 radical (unpaired) electrons. The minimum absolute atomic E-state index is 0.798. The van der Waals surface area contributed by atoms with Gasteiger partial charge in [0.2, 0.25) is 0 Å². The SMILES string of the molecule is CCCCNCC(CC)CNC. The summed E-state index contributed by atoms with van der Waals surface area (Å²) in [6.45, 7) is 7.96. The second-order valence-corrected chi connectivity index (χ2v) is 3.39. The maximum absolute atomic E-state index is 3.48. The lowest BCUT2D eigenvalue weighted by Gasteiger charge is -2.14. The maximum Gasteiger partial charge on any atom is -0.000849 e. The highest BCUT2D eigenvalue weighted by Gasteiger charge is 2.02. The van der Waals surface area contributed by atoms with Crippen molar-refractivity contribution >= 4 is 0 Å². The molecule has 2 heteroatoms. The minimum atomic E-state index is 0.798. The maximum atomic E-state index is 3.48. The Morgan fingerprint density at radius 3 is 2.42 bits per heavy atom. The average molecular weight is 172 g/mol. The zero-order valence-electron chi connectivity index (χ0n) is 8.82. The molecule has 0 fully saturated rings. The minimum Gasteiger partial charge on any atom is -0.319 e. The first kappa shape index (κ1) is 11.9. The molecule has 2 N–H and O–H groups in total. The Morgan fingerprint density at radius 1 is 1.17 bits per heavy atom. The van der Waals surface area contributed by atoms with Gasteiger partial charge in [-0.25, -0.2) is 0 Å². The van der Waals surface area contributed by atoms with Gasteiger partial charge in [-0.1, -0.05) is 26.7 Å². The van der Waals surface area contributed by atoms with Gasteiger partial charge in [-0.15, -0.1) is 0 Å². The van der Waals surface area contributed by atoms with Gasteiger partial charge in [-0.2, -0.15) is 0 Å². The van der Waals surface area contributed by atoms with E-state index in [0.717, 1.165) is 19.0 Å². The number of unbranched alkanes of at least 4 members (excludes halogenated alkanes) is 1. The molecule has 0 aromatic carbocycles. The fourth-order valence-electron chi connectivity index (χ4n) is 1.26. The summed E-state index contributed by atoms with van der Waals surface area (Å²) in [7, 11) is 2.02. The van der Waals surface area contributed by atoms with Gasteiger partial charge in [0.1, 0.15) is 0 Å². The molecule has 0 aromatic heterocycles. The van der Waals surface area contributed by atoms with Gasteiger partial charge in [0.05, 0.1) is 0 Å². The molecule has 0 aliphatic rings. The molecular formula is C10H24N2. The lowest BCUT2D eigenvalue weighted by Crippen LogP contribution is -2.29. The summed E-state index contributed by atoms with van der Waals surface area (Å²) in [5.74, 6) is 0.798. The molecule has 74 valence electrons. The van der Waals surface area contributed by atoms with Crippen LogP contribution >= 0.6 is 0 Å². The zero-order valence-corrected chi connectivity index (χ0v) is 8.82. The van der Waals surface area contributed by atoms with E-state index < -0.39 is 0 Å². The summed E-state index contributed by atoms with van der Waals surface area (Å²) in [6.07, 6.45) is 3.85. The largest absolute Gasteiger partial charge is 0.319 e. The van der Waals surface area contributed by atoms with E-state index in [2.05, 4.69) is 24.5 Å². The molecule has 0 spiro atoms. The molecule has 2 nitrogen and oxygen atoms in total. The van der Waals surface area contributed by atoms with Crippen molar-refractivity contribution in [3.63, 3.8) is 0 Å². The first-order valence-corrected chi connectivity index (χ1v) is 5.20. The van der Waals surface area contributed by atoms with Crippen LogP contribution in [0.4, 0.5) is 0 Å². The average Bonchev–Trinajstić information content (AvgIpc) is 2.10. The highest BCUT2D eigenvalue weighted by Crippen LogP contribution is 1.98. The predicted molar refractivity (Wildman–Crippen MR) is 55.5 cm³/mol. The van der Waals surface area contributed by atoms with Crippen LogP contribution in [0.15, 0.2) is 0 Å². The van der Waals surface area contributed by atoms with Gasteiger partial charge in [-0.3, -0.25) is 0 Å². The topological polar surface area (TPSA) is 24.1 Å². The summed E-state index contributed by atoms with van der Waals surface area (Å²) in [4.78, 5) is 0. The highest BCUT2D eigenvalue weighted by molar-refractivity contribution is 4.62. The van der Waals surface area contributed by atoms with Gasteiger partial charge in [0, 0.05) is 0 Å². The van der Waals surface area contributed by atoms with Crippen LogP contribution < -0.4 is 10.6 Å². The van der Waals surface area contributed by atoms with E-state index in [1.54, 1.807) is 0 Å². The normalized spacial score (nSPS) is 13.2. The van der Waals surface area contributed by atoms with Crippen LogP contribution in [0.3, 0.4) is 0 Å². The summed E-state index contributed by atoms with van der Waals surface area (Å²) in [6, 6.07) is 0. The fraction of sp³-hybridized carbons (Fsp3) is 1.00. The lowest BCUT2D eigenvalue weighted by molar-refractivity contribution is 0.443. The second kappa shape index (κ2) is 9.01. The third-order valence-corrected chi connectivity index (χ3v) is 2.21. The van der Waals surface area contributed by atoms with Crippen LogP contribution in [-0.2, 0) is 0 Å². The molecule has 0 rings (SSSR count). The van der Waals surface area contributed by atoms with Crippen LogP contribution in [-0.4, -0.2) is 26.7 Å². The Kier molecular flexibility index (Phi) is 8.95. The monoisotopic (exact) mass is 172 g/mol. The first-order valence-electron chi connectivity index (χ1n) is 5.20. The molecule has 0 aliphatic heterocycles. The van der Waals surface area contributed by atoms with Crippen molar-refractivity contribution in [3.05, 3.63) is 0 Å². The Balaban J connectivity index is 3.19. The summed E-state index contributed by atoms with van der Waals surface area (Å²) in [5, 5.41) is 6.70. The van der Waals surface area contributed by atoms with Crippen LogP contribution in [0.25, 0.3) is 0 Å². The molecule has 0 aromatic rings. The molecule has 0 aliphatic carbocycles. The van der Waals surface area contributed by atoms with Gasteiger partial charge in [0.15, 0.2) is 0 Å². The molecule has 0 amide bonds. The number of nitrogens with one attached hydrogen (secondary N) is 2. The second-order valence-electron chi connectivity index (χ2n) is 3.39.